The predicted molar refractivity (Wildman–Crippen MR) is 82.7 cm³/mol. The Morgan fingerprint density at radius 3 is 2.71 bits per heavy atom. The molecule has 0 radical (unpaired) electrons. The van der Waals surface area contributed by atoms with Crippen molar-refractivity contribution >= 4 is 28.9 Å². The molecule has 1 amide bonds. The second kappa shape index (κ2) is 6.35. The molecule has 21 heavy (non-hydrogen) atoms. The van der Waals surface area contributed by atoms with Crippen LogP contribution in [0.4, 0.5) is 5.69 Å². The molecule has 2 rings (SSSR count). The number of carbonyl (C=O) groups excluding carboxylic acids is 1. The zero-order chi connectivity index (χ0) is 15.4. The molecule has 0 bridgehead atoms. The van der Waals surface area contributed by atoms with Crippen LogP contribution in [-0.4, -0.2) is 30.6 Å². The van der Waals surface area contributed by atoms with E-state index in [0.29, 0.717) is 5.69 Å². The molecule has 2 aromatic heterocycles. The summed E-state index contributed by atoms with van der Waals surface area (Å²) in [5.74, 6) is -0.319. The monoisotopic (exact) mass is 307 g/mol. The third-order valence-electron chi connectivity index (χ3n) is 2.99. The number of aryl methyl sites for hydroxylation is 2. The van der Waals surface area contributed by atoms with Crippen molar-refractivity contribution in [1.29, 1.82) is 0 Å². The maximum absolute atomic E-state index is 11.9. The summed E-state index contributed by atoms with van der Waals surface area (Å²) in [6.45, 7) is 4.73. The molecule has 2 aromatic rings. The smallest absolute Gasteiger partial charge is 0.287 e. The van der Waals surface area contributed by atoms with Crippen molar-refractivity contribution in [2.45, 2.75) is 20.4 Å². The van der Waals surface area contributed by atoms with Crippen molar-refractivity contribution in [1.82, 2.24) is 30.4 Å². The van der Waals surface area contributed by atoms with Gasteiger partial charge in [-0.25, -0.2) is 0 Å². The van der Waals surface area contributed by atoms with E-state index in [-0.39, 0.29) is 11.0 Å². The van der Waals surface area contributed by atoms with Crippen LogP contribution in [0.15, 0.2) is 18.5 Å². The van der Waals surface area contributed by atoms with Crippen LogP contribution in [0.2, 0.25) is 0 Å². The largest absolute Gasteiger partial charge is 0.329 e. The number of nitrogens with one attached hydrogen (secondary N) is 3. The summed E-state index contributed by atoms with van der Waals surface area (Å²) in [6, 6.07) is 1.61. The number of rotatable bonds is 3. The Labute approximate surface area is 127 Å². The zero-order valence-corrected chi connectivity index (χ0v) is 12.9. The first-order valence-electron chi connectivity index (χ1n) is 6.40. The van der Waals surface area contributed by atoms with Gasteiger partial charge in [-0.05, 0) is 32.1 Å². The Kier molecular flexibility index (Phi) is 4.53. The highest BCUT2D eigenvalue weighted by atomic mass is 32.1. The lowest BCUT2D eigenvalue weighted by Crippen LogP contribution is -2.44. The van der Waals surface area contributed by atoms with Crippen LogP contribution >= 0.6 is 12.2 Å². The fourth-order valence-corrected chi connectivity index (χ4v) is 1.98. The molecule has 0 aromatic carbocycles. The summed E-state index contributed by atoms with van der Waals surface area (Å²) in [4.78, 5) is 11.9. The Morgan fingerprint density at radius 1 is 1.38 bits per heavy atom. The van der Waals surface area contributed by atoms with Gasteiger partial charge in [-0.2, -0.15) is 10.2 Å². The van der Waals surface area contributed by atoms with E-state index in [1.54, 1.807) is 25.5 Å². The van der Waals surface area contributed by atoms with Gasteiger partial charge in [0.2, 0.25) is 0 Å². The van der Waals surface area contributed by atoms with Gasteiger partial charge < -0.3 is 5.32 Å². The minimum Gasteiger partial charge on any atom is -0.329 e. The fraction of sp³-hybridized carbons (Fsp3) is 0.333. The summed E-state index contributed by atoms with van der Waals surface area (Å²) in [7, 11) is 1.69. The third-order valence-corrected chi connectivity index (χ3v) is 3.20. The van der Waals surface area contributed by atoms with E-state index in [1.807, 2.05) is 18.5 Å². The van der Waals surface area contributed by atoms with Crippen LogP contribution in [-0.2, 0) is 13.6 Å². The minimum atomic E-state index is -0.319. The number of amides is 1. The van der Waals surface area contributed by atoms with Crippen molar-refractivity contribution in [3.63, 3.8) is 0 Å². The van der Waals surface area contributed by atoms with Crippen molar-refractivity contribution in [3.8, 4) is 0 Å². The van der Waals surface area contributed by atoms with Crippen LogP contribution < -0.4 is 16.2 Å². The molecule has 112 valence electrons. The van der Waals surface area contributed by atoms with Gasteiger partial charge in [-0.1, -0.05) is 0 Å². The van der Waals surface area contributed by atoms with E-state index < -0.39 is 0 Å². The van der Waals surface area contributed by atoms with Gasteiger partial charge in [0, 0.05) is 19.8 Å². The molecule has 0 saturated carbocycles. The van der Waals surface area contributed by atoms with E-state index in [0.717, 1.165) is 17.9 Å². The standard InChI is InChI=1S/C12H17N7OS/c1-4-19-8(2)9(7-14-19)15-12(21)17-16-11(20)10-5-6-13-18(10)3/h5-7H,4H2,1-3H3,(H,16,20)(H2,15,17,21). The first-order valence-corrected chi connectivity index (χ1v) is 6.81. The van der Waals surface area contributed by atoms with E-state index in [4.69, 9.17) is 12.2 Å². The maximum Gasteiger partial charge on any atom is 0.287 e. The summed E-state index contributed by atoms with van der Waals surface area (Å²) in [5, 5.41) is 11.4. The summed E-state index contributed by atoms with van der Waals surface area (Å²) in [6.07, 6.45) is 3.24. The SMILES string of the molecule is CCn1ncc(NC(=S)NNC(=O)c2ccnn2C)c1C. The van der Waals surface area contributed by atoms with Crippen LogP contribution in [0.25, 0.3) is 0 Å². The first-order chi connectivity index (χ1) is 10.0. The molecule has 0 aliphatic rings. The van der Waals surface area contributed by atoms with Gasteiger partial charge in [-0.15, -0.1) is 0 Å². The molecule has 8 nitrogen and oxygen atoms in total. The number of hydrogen-bond acceptors (Lipinski definition) is 4. The molecule has 2 heterocycles. The van der Waals surface area contributed by atoms with E-state index >= 15 is 0 Å². The summed E-state index contributed by atoms with van der Waals surface area (Å²) < 4.78 is 3.32. The maximum atomic E-state index is 11.9. The molecule has 0 unspecified atom stereocenters. The molecular weight excluding hydrogens is 290 g/mol. The second-order valence-electron chi connectivity index (χ2n) is 4.33. The molecule has 0 aliphatic carbocycles. The van der Waals surface area contributed by atoms with Gasteiger partial charge in [0.05, 0.1) is 17.6 Å². The van der Waals surface area contributed by atoms with E-state index in [1.165, 1.54) is 4.68 Å². The van der Waals surface area contributed by atoms with Crippen molar-refractivity contribution in [3.05, 3.63) is 29.8 Å². The normalized spacial score (nSPS) is 10.2. The molecular formula is C12H17N7OS. The highest BCUT2D eigenvalue weighted by Crippen LogP contribution is 2.12. The average molecular weight is 307 g/mol. The summed E-state index contributed by atoms with van der Waals surface area (Å²) >= 11 is 5.13. The third kappa shape index (κ3) is 3.37. The van der Waals surface area contributed by atoms with Gasteiger partial charge in [0.15, 0.2) is 5.11 Å². The summed E-state index contributed by atoms with van der Waals surface area (Å²) in [5.41, 5.74) is 7.35. The Balaban J connectivity index is 1.89. The quantitative estimate of drug-likeness (QED) is 0.568. The fourth-order valence-electron chi connectivity index (χ4n) is 1.82. The van der Waals surface area contributed by atoms with E-state index in [9.17, 15) is 4.79 Å². The minimum absolute atomic E-state index is 0.282. The van der Waals surface area contributed by atoms with Gasteiger partial charge in [-0.3, -0.25) is 25.0 Å². The second-order valence-corrected chi connectivity index (χ2v) is 4.74. The number of nitrogens with zero attached hydrogens (tertiary/aromatic N) is 4. The van der Waals surface area contributed by atoms with Gasteiger partial charge >= 0.3 is 0 Å². The lowest BCUT2D eigenvalue weighted by molar-refractivity contribution is 0.0934. The van der Waals surface area contributed by atoms with Gasteiger partial charge in [0.25, 0.3) is 5.91 Å². The predicted octanol–water partition coefficient (Wildman–Crippen LogP) is 0.576. The molecule has 9 heteroatoms. The number of hydrazine groups is 1. The molecule has 0 fully saturated rings. The van der Waals surface area contributed by atoms with Crippen LogP contribution in [0.1, 0.15) is 23.1 Å². The Bertz CT molecular complexity index is 660. The number of hydrogen-bond donors (Lipinski definition) is 3. The number of thiocarbonyl (C=S) groups is 1. The van der Waals surface area contributed by atoms with Crippen molar-refractivity contribution in [2.75, 3.05) is 5.32 Å². The van der Waals surface area contributed by atoms with Crippen LogP contribution in [0.5, 0.6) is 0 Å². The van der Waals surface area contributed by atoms with Crippen LogP contribution in [0, 0.1) is 6.92 Å². The lowest BCUT2D eigenvalue weighted by Gasteiger charge is -2.11. The molecule has 0 saturated heterocycles. The number of anilines is 1. The topological polar surface area (TPSA) is 88.8 Å². The molecule has 0 spiro atoms. The molecule has 0 atom stereocenters. The van der Waals surface area contributed by atoms with Crippen molar-refractivity contribution < 1.29 is 4.79 Å². The van der Waals surface area contributed by atoms with Crippen molar-refractivity contribution in [2.24, 2.45) is 7.05 Å². The Morgan fingerprint density at radius 2 is 2.14 bits per heavy atom. The molecule has 3 N–H and O–H groups in total. The highest BCUT2D eigenvalue weighted by Gasteiger charge is 2.10. The number of carbonyl (C=O) groups is 1. The molecule has 0 aliphatic heterocycles. The van der Waals surface area contributed by atoms with Gasteiger partial charge in [0.1, 0.15) is 5.69 Å². The highest BCUT2D eigenvalue weighted by molar-refractivity contribution is 7.80. The zero-order valence-electron chi connectivity index (χ0n) is 12.0. The first kappa shape index (κ1) is 15.0. The van der Waals surface area contributed by atoms with E-state index in [2.05, 4.69) is 26.4 Å². The average Bonchev–Trinajstić information content (AvgIpc) is 3.03. The van der Waals surface area contributed by atoms with Crippen LogP contribution in [0.3, 0.4) is 0 Å². The lowest BCUT2D eigenvalue weighted by atomic mass is 10.4. The number of aromatic nitrogens is 4. The Hall–Kier alpha value is -2.42.